The summed E-state index contributed by atoms with van der Waals surface area (Å²) < 4.78 is 14.5. The fourth-order valence-corrected chi connectivity index (χ4v) is 19.8. The molecule has 0 bridgehead atoms. The molecule has 26 rings (SSSR count). The van der Waals surface area contributed by atoms with E-state index >= 15 is 0 Å². The van der Waals surface area contributed by atoms with Gasteiger partial charge in [0.05, 0.1) is 66.2 Å². The van der Waals surface area contributed by atoms with Gasteiger partial charge in [-0.3, -0.25) is 0 Å². The van der Waals surface area contributed by atoms with Crippen LogP contribution in [-0.4, -0.2) is 27.4 Å². The number of hydrogen-bond donors (Lipinski definition) is 0. The Labute approximate surface area is 728 Å². The van der Waals surface area contributed by atoms with E-state index in [2.05, 4.69) is 513 Å². The van der Waals surface area contributed by atoms with Gasteiger partial charge in [0, 0.05) is 98.8 Å². The summed E-state index contributed by atoms with van der Waals surface area (Å²) in [6.45, 7) is 0. The van der Waals surface area contributed by atoms with E-state index in [9.17, 15) is 0 Å². The number of para-hydroxylation sites is 8. The minimum absolute atomic E-state index is 1.16. The highest BCUT2D eigenvalue weighted by Crippen LogP contribution is 2.46. The van der Waals surface area contributed by atoms with Crippen molar-refractivity contribution in [2.75, 3.05) is 0 Å². The van der Waals surface area contributed by atoms with E-state index in [4.69, 9.17) is 0 Å². The molecule has 6 heteroatoms. The molecule has 0 fully saturated rings. The van der Waals surface area contributed by atoms with Crippen LogP contribution in [0.1, 0.15) is 0 Å². The molecule has 0 aliphatic heterocycles. The molecule has 6 heterocycles. The molecule has 0 saturated heterocycles. The van der Waals surface area contributed by atoms with Crippen LogP contribution in [0.3, 0.4) is 0 Å². The van der Waals surface area contributed by atoms with E-state index in [1.807, 2.05) is 0 Å². The molecule has 6 nitrogen and oxygen atoms in total. The number of hydrogen-bond acceptors (Lipinski definition) is 0. The zero-order chi connectivity index (χ0) is 83.1. The van der Waals surface area contributed by atoms with E-state index in [1.54, 1.807) is 0 Å². The number of rotatable bonds is 11. The molecular formula is C120H80N6. The molecule has 0 atom stereocenters. The molecule has 0 saturated carbocycles. The van der Waals surface area contributed by atoms with Crippen molar-refractivity contribution in [3.8, 4) is 89.8 Å². The zero-order valence-corrected chi connectivity index (χ0v) is 68.9. The van der Waals surface area contributed by atoms with Gasteiger partial charge in [0.1, 0.15) is 0 Å². The van der Waals surface area contributed by atoms with Crippen molar-refractivity contribution in [3.63, 3.8) is 0 Å². The second-order valence-electron chi connectivity index (χ2n) is 32.7. The van der Waals surface area contributed by atoms with Gasteiger partial charge in [0.25, 0.3) is 0 Å². The summed E-state index contributed by atoms with van der Waals surface area (Å²) >= 11 is 0. The Morgan fingerprint density at radius 1 is 0.0873 bits per heavy atom. The van der Waals surface area contributed by atoms with Crippen molar-refractivity contribution in [3.05, 3.63) is 485 Å². The average molecular weight is 1610 g/mol. The molecule has 6 aromatic heterocycles. The maximum Gasteiger partial charge on any atom is 0.0548 e. The summed E-state index contributed by atoms with van der Waals surface area (Å²) in [6, 6.07) is 175. The first kappa shape index (κ1) is 73.1. The van der Waals surface area contributed by atoms with Crippen molar-refractivity contribution in [2.24, 2.45) is 0 Å². The lowest BCUT2D eigenvalue weighted by Gasteiger charge is -2.14. The van der Waals surface area contributed by atoms with Gasteiger partial charge in [0.2, 0.25) is 0 Å². The minimum Gasteiger partial charge on any atom is -0.309 e. The Hall–Kier alpha value is -16.8. The lowest BCUT2D eigenvalue weighted by atomic mass is 9.98. The molecule has 0 radical (unpaired) electrons. The van der Waals surface area contributed by atoms with Gasteiger partial charge in [0.15, 0.2) is 0 Å². The van der Waals surface area contributed by atoms with E-state index < -0.39 is 0 Å². The van der Waals surface area contributed by atoms with Crippen LogP contribution in [-0.2, 0) is 0 Å². The highest BCUT2D eigenvalue weighted by atomic mass is 15.0. The predicted molar refractivity (Wildman–Crippen MR) is 533 cm³/mol. The zero-order valence-electron chi connectivity index (χ0n) is 68.9. The van der Waals surface area contributed by atoms with Crippen LogP contribution >= 0.6 is 0 Å². The van der Waals surface area contributed by atoms with Gasteiger partial charge in [-0.05, 0) is 207 Å². The summed E-state index contributed by atoms with van der Waals surface area (Å²) in [4.78, 5) is 0. The Kier molecular flexibility index (Phi) is 17.8. The largest absolute Gasteiger partial charge is 0.309 e. The molecule has 26 aromatic rings. The lowest BCUT2D eigenvalue weighted by Crippen LogP contribution is -1.96. The predicted octanol–water partition coefficient (Wildman–Crippen LogP) is 32.0. The second-order valence-corrected chi connectivity index (χ2v) is 32.7. The van der Waals surface area contributed by atoms with Crippen LogP contribution in [0.5, 0.6) is 0 Å². The Morgan fingerprint density at radius 3 is 0.548 bits per heavy atom. The Bertz CT molecular complexity index is 8420. The molecule has 0 spiro atoms. The van der Waals surface area contributed by atoms with Crippen molar-refractivity contribution in [2.45, 2.75) is 0 Å². The topological polar surface area (TPSA) is 29.6 Å². The molecule has 20 aromatic carbocycles. The number of nitrogens with zero attached hydrogens (tertiary/aromatic N) is 6. The standard InChI is InChI=1S/2C42H28N2.C36H24N2/c1-4-14-29(15-5-1)31-24-32(30-16-6-2-7-17-30)26-34(25-31)44-40-23-13-11-21-36(40)38-27-41-37(28-42(38)44)35-20-10-12-22-39(35)43(41)33-18-8-3-9-19-33;1-3-13-29(14-4-1)31-17-11-19-33(25-31)43-39-23-9-7-21-35(39)37-28-42-38(27-41(37)43)36-22-8-10-24-40(36)44(42)34-20-12-18-32(26-34)30-15-5-2-6-16-30;1-3-11-25(12-4-1)26-19-21-28(22-20-26)38-34-18-10-8-16-30(34)32-23-35-31(24-36(32)38)29-15-7-9-17-33(29)37(35)27-13-5-2-6-14-27/h2*1-28H;1-24H. The SMILES string of the molecule is c1ccc(-c2cc(-c3ccccc3)cc(-n3c4ccccc4c4cc5c(cc43)c3ccccc3n5-c3ccccc3)c2)cc1.c1ccc(-c2ccc(-n3c4ccccc4c4cc5c(cc43)c3ccccc3n5-c3ccccc3)cc2)cc1.c1ccc(-c2cccc(-n3c4ccccc4c4cc5c(cc43)c3ccccc3n5-c3cccc(-c4ccccc4)c3)c2)cc1. The van der Waals surface area contributed by atoms with Gasteiger partial charge in [-0.15, -0.1) is 0 Å². The Morgan fingerprint density at radius 2 is 0.270 bits per heavy atom. The average Bonchev–Trinajstić information content (AvgIpc) is 1.57. The first-order valence-corrected chi connectivity index (χ1v) is 43.3. The molecule has 0 unspecified atom stereocenters. The number of aromatic nitrogens is 6. The highest BCUT2D eigenvalue weighted by molar-refractivity contribution is 6.22. The lowest BCUT2D eigenvalue weighted by molar-refractivity contribution is 1.17. The smallest absolute Gasteiger partial charge is 0.0548 e. The third-order valence-corrected chi connectivity index (χ3v) is 25.5. The van der Waals surface area contributed by atoms with E-state index in [-0.39, 0.29) is 0 Å². The van der Waals surface area contributed by atoms with Crippen molar-refractivity contribution in [1.82, 2.24) is 27.4 Å². The van der Waals surface area contributed by atoms with Gasteiger partial charge in [-0.2, -0.15) is 0 Å². The molecular weight excluding hydrogens is 1530 g/mol. The molecule has 0 N–H and O–H groups in total. The molecule has 0 aliphatic carbocycles. The quantitative estimate of drug-likeness (QED) is 0.124. The molecule has 590 valence electrons. The van der Waals surface area contributed by atoms with Crippen molar-refractivity contribution < 1.29 is 0 Å². The van der Waals surface area contributed by atoms with Crippen LogP contribution in [0.25, 0.3) is 221 Å². The fraction of sp³-hybridized carbons (Fsp3) is 0. The third-order valence-electron chi connectivity index (χ3n) is 25.5. The van der Waals surface area contributed by atoms with Crippen LogP contribution in [0.4, 0.5) is 0 Å². The van der Waals surface area contributed by atoms with E-state index in [0.29, 0.717) is 0 Å². The van der Waals surface area contributed by atoms with Gasteiger partial charge >= 0.3 is 0 Å². The van der Waals surface area contributed by atoms with Gasteiger partial charge in [-0.25, -0.2) is 0 Å². The summed E-state index contributed by atoms with van der Waals surface area (Å²) in [7, 11) is 0. The maximum atomic E-state index is 2.46. The van der Waals surface area contributed by atoms with Crippen LogP contribution in [0.2, 0.25) is 0 Å². The molecule has 0 aliphatic rings. The number of fused-ring (bicyclic) bond motifs is 18. The molecule has 0 amide bonds. The van der Waals surface area contributed by atoms with Gasteiger partial charge in [-0.1, -0.05) is 334 Å². The van der Waals surface area contributed by atoms with Crippen LogP contribution in [0, 0.1) is 0 Å². The fourth-order valence-electron chi connectivity index (χ4n) is 19.8. The number of benzene rings is 20. The monoisotopic (exact) mass is 1600 g/mol. The highest BCUT2D eigenvalue weighted by Gasteiger charge is 2.24. The second kappa shape index (κ2) is 30.7. The van der Waals surface area contributed by atoms with Crippen molar-refractivity contribution >= 4 is 131 Å². The summed E-state index contributed by atoms with van der Waals surface area (Å²) in [5, 5.41) is 15.1. The first-order chi connectivity index (χ1) is 62.5. The van der Waals surface area contributed by atoms with Gasteiger partial charge < -0.3 is 27.4 Å². The Balaban J connectivity index is 0.000000106. The summed E-state index contributed by atoms with van der Waals surface area (Å²) in [5.41, 5.74) is 33.7. The van der Waals surface area contributed by atoms with Crippen molar-refractivity contribution in [1.29, 1.82) is 0 Å². The van der Waals surface area contributed by atoms with E-state index in [1.165, 1.54) is 204 Å². The minimum atomic E-state index is 1.16. The summed E-state index contributed by atoms with van der Waals surface area (Å²) in [5.74, 6) is 0. The molecule has 126 heavy (non-hydrogen) atoms. The van der Waals surface area contributed by atoms with E-state index in [0.717, 1.165) is 17.1 Å². The normalized spacial score (nSPS) is 11.7. The maximum absolute atomic E-state index is 2.46. The van der Waals surface area contributed by atoms with Crippen LogP contribution in [0.15, 0.2) is 485 Å². The third kappa shape index (κ3) is 12.5. The van der Waals surface area contributed by atoms with Crippen LogP contribution < -0.4 is 0 Å². The first-order valence-electron chi connectivity index (χ1n) is 43.3. The summed E-state index contributed by atoms with van der Waals surface area (Å²) in [6.07, 6.45) is 0.